The number of hydrogen-bond acceptors (Lipinski definition) is 3. The Morgan fingerprint density at radius 2 is 2.29 bits per heavy atom. The monoisotopic (exact) mass is 194 g/mol. The summed E-state index contributed by atoms with van der Waals surface area (Å²) in [6.45, 7) is 4.32. The van der Waals surface area contributed by atoms with Gasteiger partial charge in [0.05, 0.1) is 12.0 Å². The topological polar surface area (TPSA) is 43.4 Å². The molecule has 1 heterocycles. The van der Waals surface area contributed by atoms with Crippen LogP contribution in [0.5, 0.6) is 0 Å². The Labute approximate surface area is 83.1 Å². The molecule has 1 aliphatic carbocycles. The fourth-order valence-electron chi connectivity index (χ4n) is 2.50. The lowest BCUT2D eigenvalue weighted by Gasteiger charge is -2.32. The number of rotatable bonds is 1. The Hall–Kier alpha value is -1.12. The smallest absolute Gasteiger partial charge is 0.312 e. The van der Waals surface area contributed by atoms with Gasteiger partial charge in [-0.3, -0.25) is 9.59 Å². The van der Waals surface area contributed by atoms with Crippen molar-refractivity contribution in [3.8, 4) is 0 Å². The van der Waals surface area contributed by atoms with E-state index in [9.17, 15) is 9.59 Å². The van der Waals surface area contributed by atoms with Gasteiger partial charge in [0.2, 0.25) is 0 Å². The molecule has 1 aliphatic heterocycles. The van der Waals surface area contributed by atoms with Crippen LogP contribution in [0.3, 0.4) is 0 Å². The zero-order valence-electron chi connectivity index (χ0n) is 8.50. The Morgan fingerprint density at radius 1 is 1.57 bits per heavy atom. The summed E-state index contributed by atoms with van der Waals surface area (Å²) in [6, 6.07) is 0. The molecular formula is C11H14O3. The summed E-state index contributed by atoms with van der Waals surface area (Å²) in [5, 5.41) is 0. The molecule has 1 saturated heterocycles. The maximum absolute atomic E-state index is 11.5. The van der Waals surface area contributed by atoms with Crippen molar-refractivity contribution in [1.82, 2.24) is 0 Å². The Bertz CT molecular complexity index is 329. The maximum atomic E-state index is 11.5. The average Bonchev–Trinajstić information content (AvgIpc) is 2.45. The molecule has 0 saturated carbocycles. The third-order valence-electron chi connectivity index (χ3n) is 3.70. The molecule has 0 aromatic heterocycles. The van der Waals surface area contributed by atoms with Gasteiger partial charge in [-0.05, 0) is 32.3 Å². The van der Waals surface area contributed by atoms with Crippen LogP contribution in [0.15, 0.2) is 11.1 Å². The molecule has 0 N–H and O–H groups in total. The van der Waals surface area contributed by atoms with Crippen molar-refractivity contribution in [3.05, 3.63) is 11.1 Å². The van der Waals surface area contributed by atoms with E-state index in [-0.39, 0.29) is 17.3 Å². The molecule has 0 unspecified atom stereocenters. The number of allylic oxidation sites excluding steroid dienone is 1. The van der Waals surface area contributed by atoms with Gasteiger partial charge in [-0.15, -0.1) is 0 Å². The van der Waals surface area contributed by atoms with E-state index in [1.54, 1.807) is 0 Å². The summed E-state index contributed by atoms with van der Waals surface area (Å²) in [4.78, 5) is 22.3. The third kappa shape index (κ3) is 1.04. The van der Waals surface area contributed by atoms with Crippen LogP contribution in [0.2, 0.25) is 0 Å². The largest absolute Gasteiger partial charge is 0.465 e. The molecule has 2 rings (SSSR count). The van der Waals surface area contributed by atoms with Crippen LogP contribution >= 0.6 is 0 Å². The van der Waals surface area contributed by atoms with Crippen molar-refractivity contribution in [3.63, 3.8) is 0 Å². The van der Waals surface area contributed by atoms with Gasteiger partial charge in [0, 0.05) is 5.92 Å². The highest BCUT2D eigenvalue weighted by atomic mass is 16.5. The molecule has 76 valence electrons. The lowest BCUT2D eigenvalue weighted by atomic mass is 9.67. The summed E-state index contributed by atoms with van der Waals surface area (Å²) in [7, 11) is 0. The number of cyclic esters (lactones) is 1. The Kier molecular flexibility index (Phi) is 1.98. The van der Waals surface area contributed by atoms with Crippen molar-refractivity contribution in [2.45, 2.75) is 26.7 Å². The highest BCUT2D eigenvalue weighted by molar-refractivity contribution is 5.82. The number of aldehydes is 1. The van der Waals surface area contributed by atoms with Crippen LogP contribution in [0.1, 0.15) is 26.7 Å². The Morgan fingerprint density at radius 3 is 2.93 bits per heavy atom. The molecule has 2 atom stereocenters. The molecule has 0 bridgehead atoms. The molecule has 0 spiro atoms. The van der Waals surface area contributed by atoms with Gasteiger partial charge in [-0.1, -0.05) is 5.57 Å². The van der Waals surface area contributed by atoms with E-state index >= 15 is 0 Å². The van der Waals surface area contributed by atoms with Gasteiger partial charge in [-0.2, -0.15) is 0 Å². The minimum Gasteiger partial charge on any atom is -0.465 e. The summed E-state index contributed by atoms with van der Waals surface area (Å²) in [6.07, 6.45) is 2.36. The van der Waals surface area contributed by atoms with E-state index in [1.807, 2.05) is 13.8 Å². The predicted octanol–water partition coefficient (Wildman–Crippen LogP) is 1.47. The summed E-state index contributed by atoms with van der Waals surface area (Å²) < 4.78 is 5.08. The number of carbonyl (C=O) groups excluding carboxylic acids is 2. The van der Waals surface area contributed by atoms with Crippen molar-refractivity contribution in [2.75, 3.05) is 6.61 Å². The molecule has 14 heavy (non-hydrogen) atoms. The maximum Gasteiger partial charge on any atom is 0.312 e. The second-order valence-corrected chi connectivity index (χ2v) is 4.39. The Balaban J connectivity index is 2.42. The second kappa shape index (κ2) is 2.94. The van der Waals surface area contributed by atoms with E-state index in [2.05, 4.69) is 0 Å². The first-order valence-corrected chi connectivity index (χ1v) is 4.91. The van der Waals surface area contributed by atoms with Crippen molar-refractivity contribution in [2.24, 2.45) is 11.3 Å². The number of carbonyl (C=O) groups is 2. The predicted molar refractivity (Wildman–Crippen MR) is 50.6 cm³/mol. The van der Waals surface area contributed by atoms with E-state index in [0.29, 0.717) is 13.0 Å². The number of esters is 1. The first kappa shape index (κ1) is 9.44. The highest BCUT2D eigenvalue weighted by Crippen LogP contribution is 2.48. The van der Waals surface area contributed by atoms with Gasteiger partial charge >= 0.3 is 5.97 Å². The zero-order valence-corrected chi connectivity index (χ0v) is 8.50. The van der Waals surface area contributed by atoms with E-state index in [4.69, 9.17) is 4.74 Å². The normalized spacial score (nSPS) is 36.7. The summed E-state index contributed by atoms with van der Waals surface area (Å²) in [5.74, 6) is 0.00995. The van der Waals surface area contributed by atoms with Gasteiger partial charge < -0.3 is 4.74 Å². The van der Waals surface area contributed by atoms with Crippen LogP contribution in [0.4, 0.5) is 0 Å². The van der Waals surface area contributed by atoms with Gasteiger partial charge in [0.15, 0.2) is 0 Å². The molecule has 0 aromatic carbocycles. The van der Waals surface area contributed by atoms with Gasteiger partial charge in [-0.25, -0.2) is 0 Å². The molecule has 0 aromatic rings. The summed E-state index contributed by atoms with van der Waals surface area (Å²) >= 11 is 0. The SMILES string of the molecule is CC1=C(C=O)CC[C@@]2(C)C(=O)OC[C@@H]12. The first-order chi connectivity index (χ1) is 6.59. The molecular weight excluding hydrogens is 180 g/mol. The molecule has 0 radical (unpaired) electrons. The molecule has 3 nitrogen and oxygen atoms in total. The van der Waals surface area contributed by atoms with E-state index < -0.39 is 0 Å². The minimum absolute atomic E-state index is 0.105. The van der Waals surface area contributed by atoms with Crippen molar-refractivity contribution >= 4 is 12.3 Å². The third-order valence-corrected chi connectivity index (χ3v) is 3.70. The molecule has 3 heteroatoms. The average molecular weight is 194 g/mol. The summed E-state index contributed by atoms with van der Waals surface area (Å²) in [5.41, 5.74) is 1.52. The number of hydrogen-bond donors (Lipinski definition) is 0. The molecule has 2 aliphatic rings. The first-order valence-electron chi connectivity index (χ1n) is 4.91. The van der Waals surface area contributed by atoms with E-state index in [0.717, 1.165) is 23.9 Å². The lowest BCUT2D eigenvalue weighted by molar-refractivity contribution is -0.146. The van der Waals surface area contributed by atoms with Crippen molar-refractivity contribution < 1.29 is 14.3 Å². The van der Waals surface area contributed by atoms with Gasteiger partial charge in [0.1, 0.15) is 6.29 Å². The van der Waals surface area contributed by atoms with Crippen LogP contribution < -0.4 is 0 Å². The minimum atomic E-state index is -0.378. The highest BCUT2D eigenvalue weighted by Gasteiger charge is 2.51. The van der Waals surface area contributed by atoms with E-state index in [1.165, 1.54) is 0 Å². The standard InChI is InChI=1S/C11H14O3/c1-7-8(5-12)3-4-11(2)9(7)6-14-10(11)13/h5,9H,3-4,6H2,1-2H3/t9-,11+/m0/s1. The second-order valence-electron chi connectivity index (χ2n) is 4.39. The van der Waals surface area contributed by atoms with Gasteiger partial charge in [0.25, 0.3) is 0 Å². The zero-order chi connectivity index (χ0) is 10.3. The lowest BCUT2D eigenvalue weighted by Crippen LogP contribution is -2.34. The quantitative estimate of drug-likeness (QED) is 0.469. The number of ether oxygens (including phenoxy) is 1. The van der Waals surface area contributed by atoms with Crippen LogP contribution in [-0.2, 0) is 14.3 Å². The van der Waals surface area contributed by atoms with Crippen LogP contribution in [-0.4, -0.2) is 18.9 Å². The fourth-order valence-corrected chi connectivity index (χ4v) is 2.50. The fraction of sp³-hybridized carbons (Fsp3) is 0.636. The van der Waals surface area contributed by atoms with Crippen molar-refractivity contribution in [1.29, 1.82) is 0 Å². The van der Waals surface area contributed by atoms with Crippen LogP contribution in [0.25, 0.3) is 0 Å². The molecule has 1 fully saturated rings. The molecule has 0 amide bonds. The van der Waals surface area contributed by atoms with Crippen LogP contribution in [0, 0.1) is 11.3 Å². The number of fused-ring (bicyclic) bond motifs is 1.